The third-order valence-electron chi connectivity index (χ3n) is 4.25. The van der Waals surface area contributed by atoms with Gasteiger partial charge in [0.15, 0.2) is 0 Å². The number of fused-ring (bicyclic) bond motifs is 1. The standard InChI is InChI=1S/C17H19N3O/c1-12(13-7-9-18-10-8-13)20(2)17(21)15-11-19-16-6-4-3-5-14(15)16/h3-10,12,15,19H,11H2,1-2H3. The summed E-state index contributed by atoms with van der Waals surface area (Å²) in [7, 11) is 1.87. The van der Waals surface area contributed by atoms with Crippen LogP contribution in [0.25, 0.3) is 0 Å². The van der Waals surface area contributed by atoms with Crippen molar-refractivity contribution in [2.45, 2.75) is 18.9 Å². The van der Waals surface area contributed by atoms with Crippen molar-refractivity contribution < 1.29 is 4.79 Å². The van der Waals surface area contributed by atoms with Gasteiger partial charge in [0.05, 0.1) is 12.0 Å². The van der Waals surface area contributed by atoms with Gasteiger partial charge in [0.25, 0.3) is 0 Å². The Hall–Kier alpha value is -2.36. The molecule has 2 heterocycles. The van der Waals surface area contributed by atoms with E-state index in [-0.39, 0.29) is 17.9 Å². The van der Waals surface area contributed by atoms with Crippen LogP contribution in [0.5, 0.6) is 0 Å². The number of benzene rings is 1. The van der Waals surface area contributed by atoms with Gasteiger partial charge in [-0.2, -0.15) is 0 Å². The fourth-order valence-corrected chi connectivity index (χ4v) is 2.81. The van der Waals surface area contributed by atoms with Gasteiger partial charge in [-0.3, -0.25) is 9.78 Å². The van der Waals surface area contributed by atoms with E-state index in [0.717, 1.165) is 16.8 Å². The van der Waals surface area contributed by atoms with E-state index < -0.39 is 0 Å². The van der Waals surface area contributed by atoms with E-state index in [0.29, 0.717) is 6.54 Å². The molecule has 4 heteroatoms. The van der Waals surface area contributed by atoms with Crippen LogP contribution in [-0.2, 0) is 4.79 Å². The van der Waals surface area contributed by atoms with E-state index in [4.69, 9.17) is 0 Å². The topological polar surface area (TPSA) is 45.2 Å². The van der Waals surface area contributed by atoms with Gasteiger partial charge in [0.2, 0.25) is 5.91 Å². The van der Waals surface area contributed by atoms with Gasteiger partial charge in [-0.15, -0.1) is 0 Å². The Morgan fingerprint density at radius 3 is 2.76 bits per heavy atom. The van der Waals surface area contributed by atoms with E-state index in [1.165, 1.54) is 0 Å². The molecule has 2 atom stereocenters. The summed E-state index contributed by atoms with van der Waals surface area (Å²) < 4.78 is 0. The summed E-state index contributed by atoms with van der Waals surface area (Å²) in [5.74, 6) is 0.0484. The van der Waals surface area contributed by atoms with Gasteiger partial charge in [0, 0.05) is 31.7 Å². The smallest absolute Gasteiger partial charge is 0.232 e. The first kappa shape index (κ1) is 13.6. The molecule has 0 spiro atoms. The van der Waals surface area contributed by atoms with Crippen LogP contribution in [0.15, 0.2) is 48.8 Å². The number of rotatable bonds is 3. The molecule has 1 aromatic heterocycles. The maximum absolute atomic E-state index is 12.8. The molecule has 0 bridgehead atoms. The predicted molar refractivity (Wildman–Crippen MR) is 83.1 cm³/mol. The number of nitrogens with zero attached hydrogens (tertiary/aromatic N) is 2. The predicted octanol–water partition coefficient (Wildman–Crippen LogP) is 2.81. The van der Waals surface area contributed by atoms with Gasteiger partial charge in [-0.1, -0.05) is 18.2 Å². The number of aromatic nitrogens is 1. The number of pyridine rings is 1. The minimum atomic E-state index is -0.101. The number of anilines is 1. The molecule has 0 radical (unpaired) electrons. The van der Waals surface area contributed by atoms with Crippen LogP contribution in [0.1, 0.15) is 30.0 Å². The molecule has 1 aromatic carbocycles. The fourth-order valence-electron chi connectivity index (χ4n) is 2.81. The highest BCUT2D eigenvalue weighted by Gasteiger charge is 2.32. The summed E-state index contributed by atoms with van der Waals surface area (Å²) in [6, 6.07) is 12.0. The normalized spacial score (nSPS) is 17.7. The zero-order chi connectivity index (χ0) is 14.8. The van der Waals surface area contributed by atoms with Gasteiger partial charge >= 0.3 is 0 Å². The maximum atomic E-state index is 12.8. The van der Waals surface area contributed by atoms with Crippen molar-refractivity contribution >= 4 is 11.6 Å². The summed E-state index contributed by atoms with van der Waals surface area (Å²) in [4.78, 5) is 18.6. The highest BCUT2D eigenvalue weighted by atomic mass is 16.2. The minimum Gasteiger partial charge on any atom is -0.384 e. The average molecular weight is 281 g/mol. The van der Waals surface area contributed by atoms with Crippen LogP contribution in [0.2, 0.25) is 0 Å². The molecule has 1 N–H and O–H groups in total. The minimum absolute atomic E-state index is 0.0354. The molecule has 0 saturated carbocycles. The first-order valence-electron chi connectivity index (χ1n) is 7.18. The highest BCUT2D eigenvalue weighted by molar-refractivity contribution is 5.88. The summed E-state index contributed by atoms with van der Waals surface area (Å²) in [5.41, 5.74) is 3.26. The van der Waals surface area contributed by atoms with Crippen LogP contribution >= 0.6 is 0 Å². The monoisotopic (exact) mass is 281 g/mol. The summed E-state index contributed by atoms with van der Waals surface area (Å²) in [6.45, 7) is 2.72. The van der Waals surface area contributed by atoms with Gasteiger partial charge < -0.3 is 10.2 Å². The molecule has 3 rings (SSSR count). The third kappa shape index (κ3) is 2.49. The quantitative estimate of drug-likeness (QED) is 0.941. The molecule has 1 amide bonds. The van der Waals surface area contributed by atoms with Crippen LogP contribution in [-0.4, -0.2) is 29.4 Å². The Labute approximate surface area is 124 Å². The van der Waals surface area contributed by atoms with Crippen molar-refractivity contribution in [2.24, 2.45) is 0 Å². The van der Waals surface area contributed by atoms with E-state index in [1.807, 2.05) is 55.3 Å². The number of hydrogen-bond donors (Lipinski definition) is 1. The van der Waals surface area contributed by atoms with Crippen molar-refractivity contribution in [3.05, 3.63) is 59.9 Å². The Morgan fingerprint density at radius 1 is 1.29 bits per heavy atom. The lowest BCUT2D eigenvalue weighted by Gasteiger charge is -2.28. The van der Waals surface area contributed by atoms with Crippen LogP contribution in [0, 0.1) is 0 Å². The van der Waals surface area contributed by atoms with Crippen LogP contribution < -0.4 is 5.32 Å². The molecule has 0 saturated heterocycles. The van der Waals surface area contributed by atoms with Gasteiger partial charge in [-0.25, -0.2) is 0 Å². The molecule has 21 heavy (non-hydrogen) atoms. The van der Waals surface area contributed by atoms with Crippen molar-refractivity contribution in [3.63, 3.8) is 0 Å². The Balaban J connectivity index is 1.80. The second-order valence-corrected chi connectivity index (χ2v) is 5.43. The van der Waals surface area contributed by atoms with E-state index in [9.17, 15) is 4.79 Å². The number of likely N-dealkylation sites (N-methyl/N-ethyl adjacent to an activating group) is 1. The largest absolute Gasteiger partial charge is 0.384 e. The third-order valence-corrected chi connectivity index (χ3v) is 4.25. The summed E-state index contributed by atoms with van der Waals surface area (Å²) in [5, 5.41) is 3.31. The Morgan fingerprint density at radius 2 is 2.00 bits per heavy atom. The molecule has 2 aromatic rings. The molecule has 0 fully saturated rings. The van der Waals surface area contributed by atoms with Gasteiger partial charge in [-0.05, 0) is 36.2 Å². The highest BCUT2D eigenvalue weighted by Crippen LogP contribution is 2.33. The number of carbonyl (C=O) groups is 1. The number of hydrogen-bond acceptors (Lipinski definition) is 3. The molecule has 2 unspecified atom stereocenters. The van der Waals surface area contributed by atoms with Crippen LogP contribution in [0.4, 0.5) is 5.69 Å². The lowest BCUT2D eigenvalue weighted by atomic mass is 9.98. The van der Waals surface area contributed by atoms with E-state index in [2.05, 4.69) is 10.3 Å². The van der Waals surface area contributed by atoms with Crippen LogP contribution in [0.3, 0.4) is 0 Å². The zero-order valence-electron chi connectivity index (χ0n) is 12.3. The SMILES string of the molecule is CC(c1ccncc1)N(C)C(=O)C1CNc2ccccc21. The second-order valence-electron chi connectivity index (χ2n) is 5.43. The first-order valence-corrected chi connectivity index (χ1v) is 7.18. The zero-order valence-corrected chi connectivity index (χ0v) is 12.3. The molecule has 108 valence electrons. The number of amides is 1. The maximum Gasteiger partial charge on any atom is 0.232 e. The average Bonchev–Trinajstić information content (AvgIpc) is 2.97. The summed E-state index contributed by atoms with van der Waals surface area (Å²) >= 11 is 0. The molecule has 1 aliphatic rings. The van der Waals surface area contributed by atoms with Crippen molar-refractivity contribution in [3.8, 4) is 0 Å². The van der Waals surface area contributed by atoms with E-state index >= 15 is 0 Å². The lowest BCUT2D eigenvalue weighted by molar-refractivity contribution is -0.133. The van der Waals surface area contributed by atoms with Crippen molar-refractivity contribution in [1.82, 2.24) is 9.88 Å². The Kier molecular flexibility index (Phi) is 3.60. The number of carbonyl (C=O) groups excluding carboxylic acids is 1. The molecule has 1 aliphatic heterocycles. The summed E-state index contributed by atoms with van der Waals surface area (Å²) in [6.07, 6.45) is 3.52. The van der Waals surface area contributed by atoms with Gasteiger partial charge in [0.1, 0.15) is 0 Å². The van der Waals surface area contributed by atoms with Crippen molar-refractivity contribution in [1.29, 1.82) is 0 Å². The fraction of sp³-hybridized carbons (Fsp3) is 0.294. The van der Waals surface area contributed by atoms with E-state index in [1.54, 1.807) is 12.4 Å². The Bertz CT molecular complexity index is 641. The second kappa shape index (κ2) is 5.56. The first-order chi connectivity index (χ1) is 10.2. The lowest BCUT2D eigenvalue weighted by Crippen LogP contribution is -2.34. The number of nitrogens with one attached hydrogen (secondary N) is 1. The van der Waals surface area contributed by atoms with Crippen molar-refractivity contribution in [2.75, 3.05) is 18.9 Å². The molecule has 0 aliphatic carbocycles. The molecule has 4 nitrogen and oxygen atoms in total. The molecular weight excluding hydrogens is 262 g/mol. The number of para-hydroxylation sites is 1. The molecular formula is C17H19N3O.